The maximum Gasteiger partial charge on any atom is 0.138 e. The van der Waals surface area contributed by atoms with Gasteiger partial charge in [0.2, 0.25) is 0 Å². The smallest absolute Gasteiger partial charge is 0.138 e. The first-order valence-corrected chi connectivity index (χ1v) is 15.7. The van der Waals surface area contributed by atoms with E-state index in [1.807, 2.05) is 11.3 Å². The molecule has 0 aliphatic heterocycles. The zero-order valence-electron chi connectivity index (χ0n) is 23.8. The van der Waals surface area contributed by atoms with E-state index in [2.05, 4.69) is 163 Å². The normalized spacial score (nSPS) is 11.6. The largest absolute Gasteiger partial charge is 0.295 e. The summed E-state index contributed by atoms with van der Waals surface area (Å²) in [5.74, 6) is 0.887. The van der Waals surface area contributed by atoms with E-state index in [9.17, 15) is 0 Å². The lowest BCUT2D eigenvalue weighted by atomic mass is 9.93. The van der Waals surface area contributed by atoms with Crippen LogP contribution in [0.15, 0.2) is 158 Å². The average Bonchev–Trinajstić information content (AvgIpc) is 3.50. The summed E-state index contributed by atoms with van der Waals surface area (Å²) >= 11 is 1.87. The molecule has 2 aromatic heterocycles. The van der Waals surface area contributed by atoms with Crippen molar-refractivity contribution in [2.45, 2.75) is 0 Å². The van der Waals surface area contributed by atoms with Gasteiger partial charge in [-0.3, -0.25) is 4.90 Å². The lowest BCUT2D eigenvalue weighted by Crippen LogP contribution is -2.11. The maximum atomic E-state index is 5.34. The van der Waals surface area contributed by atoms with Crippen LogP contribution in [0.4, 0.5) is 17.2 Å². The molecule has 0 amide bonds. The first-order chi connectivity index (χ1) is 21.8. The van der Waals surface area contributed by atoms with Crippen LogP contribution in [0, 0.1) is 0 Å². The van der Waals surface area contributed by atoms with E-state index in [1.165, 1.54) is 58.4 Å². The minimum atomic E-state index is 0.887. The summed E-state index contributed by atoms with van der Waals surface area (Å²) in [5.41, 5.74) is 6.69. The molecule has 206 valence electrons. The van der Waals surface area contributed by atoms with Crippen LogP contribution in [-0.2, 0) is 0 Å². The van der Waals surface area contributed by atoms with Crippen molar-refractivity contribution in [1.29, 1.82) is 0 Å². The van der Waals surface area contributed by atoms with Crippen LogP contribution in [0.25, 0.3) is 64.1 Å². The molecule has 3 heteroatoms. The van der Waals surface area contributed by atoms with Crippen LogP contribution in [-0.4, -0.2) is 4.98 Å². The van der Waals surface area contributed by atoms with Gasteiger partial charge in [-0.2, -0.15) is 0 Å². The molecular weight excluding hydrogens is 553 g/mol. The van der Waals surface area contributed by atoms with Gasteiger partial charge in [0, 0.05) is 37.1 Å². The number of benzene rings is 7. The number of pyridine rings is 1. The van der Waals surface area contributed by atoms with Crippen molar-refractivity contribution in [3.8, 4) is 22.4 Å². The fourth-order valence-electron chi connectivity index (χ4n) is 6.65. The molecule has 0 aliphatic carbocycles. The van der Waals surface area contributed by atoms with E-state index in [4.69, 9.17) is 4.98 Å². The molecule has 0 N–H and O–H groups in total. The molecule has 2 nitrogen and oxygen atoms in total. The lowest BCUT2D eigenvalue weighted by Gasteiger charge is -2.25. The maximum absolute atomic E-state index is 5.34. The van der Waals surface area contributed by atoms with E-state index in [0.29, 0.717) is 0 Å². The minimum Gasteiger partial charge on any atom is -0.295 e. The minimum absolute atomic E-state index is 0.887. The number of hydrogen-bond donors (Lipinski definition) is 0. The number of anilines is 3. The Hall–Kier alpha value is -5.51. The summed E-state index contributed by atoms with van der Waals surface area (Å²) < 4.78 is 2.61. The molecule has 0 unspecified atom stereocenters. The Balaban J connectivity index is 1.22. The molecule has 0 radical (unpaired) electrons. The van der Waals surface area contributed by atoms with E-state index in [0.717, 1.165) is 22.9 Å². The molecule has 0 bridgehead atoms. The van der Waals surface area contributed by atoms with Crippen LogP contribution in [0.5, 0.6) is 0 Å². The Labute approximate surface area is 259 Å². The van der Waals surface area contributed by atoms with Gasteiger partial charge in [-0.1, -0.05) is 115 Å². The molecule has 44 heavy (non-hydrogen) atoms. The second kappa shape index (κ2) is 10.0. The summed E-state index contributed by atoms with van der Waals surface area (Å²) in [6.45, 7) is 0. The number of fused-ring (bicyclic) bond motifs is 3. The SMILES string of the molecule is c1ccc(-c2ccc(N(c3ccccc3)c3cccc(-c4ccc5c6ccccc6c6cccc7sc4c5c76)n3)cc2)cc1. The third kappa shape index (κ3) is 3.90. The first-order valence-electron chi connectivity index (χ1n) is 14.9. The van der Waals surface area contributed by atoms with Gasteiger partial charge in [0.1, 0.15) is 5.82 Å². The van der Waals surface area contributed by atoms with Gasteiger partial charge in [-0.05, 0) is 75.1 Å². The van der Waals surface area contributed by atoms with Crippen molar-refractivity contribution in [2.75, 3.05) is 4.90 Å². The lowest BCUT2D eigenvalue weighted by molar-refractivity contribution is 1.18. The summed E-state index contributed by atoms with van der Waals surface area (Å²) in [4.78, 5) is 7.59. The number of nitrogens with zero attached hydrogens (tertiary/aromatic N) is 2. The van der Waals surface area contributed by atoms with Crippen molar-refractivity contribution in [2.24, 2.45) is 0 Å². The summed E-state index contributed by atoms with van der Waals surface area (Å²) in [6.07, 6.45) is 0. The Morgan fingerprint density at radius 2 is 1.05 bits per heavy atom. The van der Waals surface area contributed by atoms with E-state index in [1.54, 1.807) is 0 Å². The van der Waals surface area contributed by atoms with Gasteiger partial charge < -0.3 is 0 Å². The number of rotatable bonds is 5. The van der Waals surface area contributed by atoms with E-state index >= 15 is 0 Å². The average molecular weight is 579 g/mol. The number of hydrogen-bond acceptors (Lipinski definition) is 3. The predicted molar refractivity (Wildman–Crippen MR) is 189 cm³/mol. The van der Waals surface area contributed by atoms with Crippen LogP contribution >= 0.6 is 11.3 Å². The van der Waals surface area contributed by atoms with Crippen molar-refractivity contribution < 1.29 is 0 Å². The highest BCUT2D eigenvalue weighted by molar-refractivity contribution is 7.26. The standard InChI is InChI=1S/C41H26N2S/c1-3-11-27(12-4-1)28-21-23-30(24-22-28)43(29-13-5-2-6-14-29)38-20-10-18-36(42-38)35-26-25-34-32-16-8-7-15-31(32)33-17-9-19-37-39(33)40(34)41(35)44-37/h1-26H. The van der Waals surface area contributed by atoms with Gasteiger partial charge in [0.15, 0.2) is 0 Å². The third-order valence-electron chi connectivity index (χ3n) is 8.64. The number of thiophene rings is 1. The topological polar surface area (TPSA) is 16.1 Å². The fourth-order valence-corrected chi connectivity index (χ4v) is 7.92. The molecule has 0 saturated carbocycles. The zero-order chi connectivity index (χ0) is 29.0. The van der Waals surface area contributed by atoms with E-state index in [-0.39, 0.29) is 0 Å². The molecule has 0 saturated heterocycles. The van der Waals surface area contributed by atoms with Crippen molar-refractivity contribution in [3.05, 3.63) is 158 Å². The van der Waals surface area contributed by atoms with Crippen LogP contribution < -0.4 is 4.90 Å². The van der Waals surface area contributed by atoms with Gasteiger partial charge in [0.05, 0.1) is 5.69 Å². The number of para-hydroxylation sites is 1. The Kier molecular flexibility index (Phi) is 5.71. The van der Waals surface area contributed by atoms with Gasteiger partial charge >= 0.3 is 0 Å². The molecule has 0 fully saturated rings. The second-order valence-electron chi connectivity index (χ2n) is 11.2. The van der Waals surface area contributed by atoms with Crippen molar-refractivity contribution >= 4 is 70.2 Å². The number of aromatic nitrogens is 1. The van der Waals surface area contributed by atoms with Gasteiger partial charge in [0.25, 0.3) is 0 Å². The summed E-state index contributed by atoms with van der Waals surface area (Å²) in [6, 6.07) is 56.2. The molecular formula is C41H26N2S. The zero-order valence-corrected chi connectivity index (χ0v) is 24.6. The Morgan fingerprint density at radius 3 is 1.82 bits per heavy atom. The second-order valence-corrected chi connectivity index (χ2v) is 12.2. The highest BCUT2D eigenvalue weighted by atomic mass is 32.1. The Bertz CT molecular complexity index is 2430. The predicted octanol–water partition coefficient (Wildman–Crippen LogP) is 12.0. The third-order valence-corrected chi connectivity index (χ3v) is 9.83. The molecule has 0 aliphatic rings. The Morgan fingerprint density at radius 1 is 0.432 bits per heavy atom. The van der Waals surface area contributed by atoms with Crippen LogP contribution in [0.1, 0.15) is 0 Å². The molecule has 7 aromatic carbocycles. The highest BCUT2D eigenvalue weighted by Gasteiger charge is 2.20. The van der Waals surface area contributed by atoms with Gasteiger partial charge in [-0.15, -0.1) is 11.3 Å². The van der Waals surface area contributed by atoms with E-state index < -0.39 is 0 Å². The molecule has 9 aromatic rings. The molecule has 2 heterocycles. The molecule has 0 atom stereocenters. The summed E-state index contributed by atoms with van der Waals surface area (Å²) in [7, 11) is 0. The summed E-state index contributed by atoms with van der Waals surface area (Å²) in [5, 5.41) is 7.96. The van der Waals surface area contributed by atoms with Crippen LogP contribution in [0.2, 0.25) is 0 Å². The quantitative estimate of drug-likeness (QED) is 0.189. The first kappa shape index (κ1) is 25.0. The fraction of sp³-hybridized carbons (Fsp3) is 0. The highest BCUT2D eigenvalue weighted by Crippen LogP contribution is 2.48. The molecule has 0 spiro atoms. The monoisotopic (exact) mass is 578 g/mol. The molecule has 9 rings (SSSR count). The van der Waals surface area contributed by atoms with Crippen molar-refractivity contribution in [3.63, 3.8) is 0 Å². The van der Waals surface area contributed by atoms with Crippen molar-refractivity contribution in [1.82, 2.24) is 4.98 Å². The van der Waals surface area contributed by atoms with Gasteiger partial charge in [-0.25, -0.2) is 4.98 Å². The van der Waals surface area contributed by atoms with Crippen LogP contribution in [0.3, 0.4) is 0 Å².